The third kappa shape index (κ3) is 6.66. The van der Waals surface area contributed by atoms with Gasteiger partial charge in [-0.2, -0.15) is 0 Å². The molecule has 1 heterocycles. The molecule has 0 saturated carbocycles. The molecule has 0 atom stereocenters. The van der Waals surface area contributed by atoms with Gasteiger partial charge < -0.3 is 18.1 Å². The van der Waals surface area contributed by atoms with E-state index in [1.165, 1.54) is 0 Å². The van der Waals surface area contributed by atoms with Crippen LogP contribution in [0.1, 0.15) is 0 Å². The van der Waals surface area contributed by atoms with Crippen LogP contribution in [0.2, 0.25) is 0 Å². The molecule has 80 valence electrons. The van der Waals surface area contributed by atoms with E-state index in [4.69, 9.17) is 9.05 Å². The number of rotatable bonds is 4. The van der Waals surface area contributed by atoms with Crippen LogP contribution in [0.15, 0.2) is 0 Å². The molecule has 0 aliphatic carbocycles. The van der Waals surface area contributed by atoms with E-state index in [1.807, 2.05) is 0 Å². The Morgan fingerprint density at radius 3 is 1.46 bits per heavy atom. The molecule has 6 nitrogen and oxygen atoms in total. The Bertz CT molecular complexity index is 98.9. The lowest BCUT2D eigenvalue weighted by atomic mass is 11.6. The minimum atomic E-state index is -1.05. The zero-order valence-electron chi connectivity index (χ0n) is 8.05. The third-order valence-electron chi connectivity index (χ3n) is 0.913. The van der Waals surface area contributed by atoms with E-state index in [2.05, 4.69) is 18.1 Å². The first-order valence-corrected chi connectivity index (χ1v) is 5.50. The molecule has 8 heteroatoms. The van der Waals surface area contributed by atoms with Gasteiger partial charge in [0.25, 0.3) is 0 Å². The maximum atomic E-state index is 4.70. The Labute approximate surface area is 80.4 Å². The van der Waals surface area contributed by atoms with Crippen molar-refractivity contribution < 1.29 is 27.1 Å². The maximum absolute atomic E-state index is 4.70. The van der Waals surface area contributed by atoms with Gasteiger partial charge in [-0.1, -0.05) is 0 Å². The van der Waals surface area contributed by atoms with Gasteiger partial charge in [-0.15, -0.1) is 0 Å². The first-order chi connectivity index (χ1) is 6.28. The van der Waals surface area contributed by atoms with E-state index >= 15 is 0 Å². The average molecular weight is 232 g/mol. The van der Waals surface area contributed by atoms with Crippen LogP contribution in [0, 0.1) is 0 Å². The summed E-state index contributed by atoms with van der Waals surface area (Å²) in [5.74, 6) is 0. The summed E-state index contributed by atoms with van der Waals surface area (Å²) >= 11 is 0. The molecule has 0 aromatic heterocycles. The second-order valence-corrected chi connectivity index (χ2v) is 4.42. The zero-order valence-corrected chi connectivity index (χ0v) is 9.84. The van der Waals surface area contributed by atoms with Gasteiger partial charge in [0, 0.05) is 28.4 Å². The van der Waals surface area contributed by atoms with Gasteiger partial charge in [0.2, 0.25) is 0 Å². The summed E-state index contributed by atoms with van der Waals surface area (Å²) in [5.41, 5.74) is 0. The third-order valence-corrected chi connectivity index (χ3v) is 2.74. The van der Waals surface area contributed by atoms with Gasteiger partial charge >= 0.3 is 17.2 Å². The Kier molecular flexibility index (Phi) is 9.62. The molecule has 1 aliphatic heterocycles. The van der Waals surface area contributed by atoms with Crippen molar-refractivity contribution >= 4 is 17.2 Å². The minimum Gasteiger partial charge on any atom is -0.316 e. The fourth-order valence-corrected chi connectivity index (χ4v) is 1.27. The normalized spacial score (nSPS) is 16.4. The average Bonchev–Trinajstić information content (AvgIpc) is 2.07. The van der Waals surface area contributed by atoms with Crippen LogP contribution in [0.3, 0.4) is 0 Å². The predicted molar refractivity (Wildman–Crippen MR) is 48.9 cm³/mol. The van der Waals surface area contributed by atoms with Gasteiger partial charge in [-0.05, 0) is 0 Å². The summed E-state index contributed by atoms with van der Waals surface area (Å²) in [6.07, 6.45) is 0. The zero-order chi connectivity index (χ0) is 10.1. The smallest absolute Gasteiger partial charge is 0.316 e. The first kappa shape index (κ1) is 13.6. The van der Waals surface area contributed by atoms with E-state index in [1.54, 1.807) is 28.4 Å². The van der Waals surface area contributed by atoms with E-state index in [-0.39, 0.29) is 0 Å². The summed E-state index contributed by atoms with van der Waals surface area (Å²) in [6, 6.07) is 0. The standard InChI is InChI=1S/C3H9O3P.C2H5O3P/c1-4-7(5-2)6-3;1-3-6-4-2-5-6/h1-3H3;2H2,1H3. The molecular formula is C5H14O6P2. The molecule has 1 aliphatic rings. The molecule has 1 saturated heterocycles. The Balaban J connectivity index is 0.000000223. The molecule has 0 spiro atoms. The summed E-state index contributed by atoms with van der Waals surface area (Å²) in [5, 5.41) is 0. The summed E-state index contributed by atoms with van der Waals surface area (Å²) in [7, 11) is 4.23. The molecule has 0 aromatic carbocycles. The fraction of sp³-hybridized carbons (Fsp3) is 1.00. The minimum absolute atomic E-state index is 0.402. The Morgan fingerprint density at radius 2 is 1.46 bits per heavy atom. The lowest BCUT2D eigenvalue weighted by Crippen LogP contribution is -2.05. The van der Waals surface area contributed by atoms with Gasteiger partial charge in [-0.3, -0.25) is 9.05 Å². The molecule has 1 rings (SSSR count). The predicted octanol–water partition coefficient (Wildman–Crippen LogP) is 2.02. The van der Waals surface area contributed by atoms with Gasteiger partial charge in [0.1, 0.15) is 0 Å². The molecule has 0 radical (unpaired) electrons. The topological polar surface area (TPSA) is 55.4 Å². The summed E-state index contributed by atoms with van der Waals surface area (Å²) in [4.78, 5) is 0. The van der Waals surface area contributed by atoms with Crippen molar-refractivity contribution in [1.82, 2.24) is 0 Å². The highest BCUT2D eigenvalue weighted by Gasteiger charge is 2.19. The largest absolute Gasteiger partial charge is 0.336 e. The van der Waals surface area contributed by atoms with Gasteiger partial charge in [0.15, 0.2) is 6.79 Å². The molecule has 1 fully saturated rings. The maximum Gasteiger partial charge on any atom is 0.336 e. The van der Waals surface area contributed by atoms with Crippen molar-refractivity contribution in [3.63, 3.8) is 0 Å². The Hall–Kier alpha value is 0.620. The molecular weight excluding hydrogens is 218 g/mol. The van der Waals surface area contributed by atoms with Crippen molar-refractivity contribution in [2.24, 2.45) is 0 Å². The number of hydrogen-bond donors (Lipinski definition) is 0. The molecule has 13 heavy (non-hydrogen) atoms. The van der Waals surface area contributed by atoms with Gasteiger partial charge in [-0.25, -0.2) is 0 Å². The van der Waals surface area contributed by atoms with Crippen molar-refractivity contribution in [3.8, 4) is 0 Å². The van der Waals surface area contributed by atoms with Crippen LogP contribution in [-0.2, 0) is 27.1 Å². The fourth-order valence-electron chi connectivity index (χ4n) is 0.425. The van der Waals surface area contributed by atoms with Crippen molar-refractivity contribution in [2.75, 3.05) is 35.2 Å². The summed E-state index contributed by atoms with van der Waals surface area (Å²) < 4.78 is 28.0. The molecule has 0 bridgehead atoms. The quantitative estimate of drug-likeness (QED) is 0.691. The van der Waals surface area contributed by atoms with E-state index in [0.717, 1.165) is 0 Å². The highest BCUT2D eigenvalue weighted by Crippen LogP contribution is 2.46. The lowest BCUT2D eigenvalue weighted by molar-refractivity contribution is -0.000762. The molecule has 0 aromatic rings. The van der Waals surface area contributed by atoms with Crippen molar-refractivity contribution in [2.45, 2.75) is 0 Å². The lowest BCUT2D eigenvalue weighted by Gasteiger charge is -2.21. The summed E-state index contributed by atoms with van der Waals surface area (Å²) in [6.45, 7) is 0.402. The van der Waals surface area contributed by atoms with Gasteiger partial charge in [0.05, 0.1) is 0 Å². The Morgan fingerprint density at radius 1 is 1.00 bits per heavy atom. The van der Waals surface area contributed by atoms with Crippen LogP contribution < -0.4 is 0 Å². The first-order valence-electron chi connectivity index (χ1n) is 3.31. The van der Waals surface area contributed by atoms with E-state index in [9.17, 15) is 0 Å². The monoisotopic (exact) mass is 232 g/mol. The van der Waals surface area contributed by atoms with Crippen LogP contribution >= 0.6 is 17.2 Å². The van der Waals surface area contributed by atoms with Crippen LogP contribution in [-0.4, -0.2) is 35.2 Å². The second kappa shape index (κ2) is 9.19. The van der Waals surface area contributed by atoms with Crippen LogP contribution in [0.25, 0.3) is 0 Å². The highest BCUT2D eigenvalue weighted by molar-refractivity contribution is 7.42. The molecule has 0 N–H and O–H groups in total. The number of hydrogen-bond acceptors (Lipinski definition) is 6. The molecule has 0 amide bonds. The second-order valence-electron chi connectivity index (χ2n) is 1.55. The highest BCUT2D eigenvalue weighted by atomic mass is 31.2. The molecule has 0 unspecified atom stereocenters. The van der Waals surface area contributed by atoms with E-state index in [0.29, 0.717) is 6.79 Å². The SMILES string of the molecule is COP(OC)OC.COP1OCO1. The van der Waals surface area contributed by atoms with E-state index < -0.39 is 17.2 Å². The van der Waals surface area contributed by atoms with Crippen LogP contribution in [0.4, 0.5) is 0 Å². The van der Waals surface area contributed by atoms with Crippen LogP contribution in [0.5, 0.6) is 0 Å². The van der Waals surface area contributed by atoms with Crippen molar-refractivity contribution in [3.05, 3.63) is 0 Å². The van der Waals surface area contributed by atoms with Crippen molar-refractivity contribution in [1.29, 1.82) is 0 Å².